The van der Waals surface area contributed by atoms with Crippen molar-refractivity contribution in [1.82, 2.24) is 10.9 Å². The minimum absolute atomic E-state index is 0.224. The van der Waals surface area contributed by atoms with Gasteiger partial charge in [0.05, 0.1) is 0 Å². The van der Waals surface area contributed by atoms with Crippen molar-refractivity contribution < 1.29 is 23.8 Å². The molecule has 1 fully saturated rings. The van der Waals surface area contributed by atoms with E-state index in [1.165, 1.54) is 45.2 Å². The third kappa shape index (κ3) is 5.62. The molecule has 0 unspecified atom stereocenters. The number of benzene rings is 2. The molecular formula is C22H29FN4O2+2. The molecule has 1 saturated heterocycles. The first-order chi connectivity index (χ1) is 13.9. The topological polar surface area (TPSA) is 67.1 Å². The number of amides is 2. The fraction of sp³-hybridized carbons (Fsp3) is 0.364. The first kappa shape index (κ1) is 21.0. The smallest absolute Gasteiger partial charge is 0.296 e. The minimum atomic E-state index is -0.465. The highest BCUT2D eigenvalue weighted by molar-refractivity contribution is 5.95. The van der Waals surface area contributed by atoms with Crippen LogP contribution in [0.2, 0.25) is 0 Å². The summed E-state index contributed by atoms with van der Waals surface area (Å²) in [6.45, 7) is 8.84. The van der Waals surface area contributed by atoms with Crippen LogP contribution >= 0.6 is 0 Å². The van der Waals surface area contributed by atoms with Crippen molar-refractivity contribution in [2.24, 2.45) is 0 Å². The van der Waals surface area contributed by atoms with Gasteiger partial charge in [0.1, 0.15) is 38.5 Å². The lowest BCUT2D eigenvalue weighted by molar-refractivity contribution is -1.02. The van der Waals surface area contributed by atoms with Crippen LogP contribution < -0.4 is 20.7 Å². The highest BCUT2D eigenvalue weighted by atomic mass is 19.1. The van der Waals surface area contributed by atoms with Gasteiger partial charge in [0.15, 0.2) is 6.04 Å². The van der Waals surface area contributed by atoms with E-state index < -0.39 is 11.7 Å². The Labute approximate surface area is 170 Å². The maximum Gasteiger partial charge on any atom is 0.296 e. The molecule has 6 nitrogen and oxygen atoms in total. The molecule has 0 aliphatic carbocycles. The highest BCUT2D eigenvalue weighted by Gasteiger charge is 2.31. The zero-order valence-corrected chi connectivity index (χ0v) is 16.9. The first-order valence-electron chi connectivity index (χ1n) is 10.0. The standard InChI is InChI=1S/C22H27FN4O2/c1-16-5-3-4-6-19(16)15-26-11-13-27(14-12-26)17(2)21(28)24-25-22(29)18-7-9-20(23)10-8-18/h3-10,17H,11-15H2,1-2H3,(H,24,28)(H,25,29)/p+2/t17-/m0/s1. The molecule has 2 aromatic carbocycles. The summed E-state index contributed by atoms with van der Waals surface area (Å²) in [6, 6.07) is 13.4. The van der Waals surface area contributed by atoms with Gasteiger partial charge in [0.2, 0.25) is 0 Å². The van der Waals surface area contributed by atoms with Crippen LogP contribution in [0.15, 0.2) is 48.5 Å². The van der Waals surface area contributed by atoms with Crippen LogP contribution in [0.4, 0.5) is 4.39 Å². The van der Waals surface area contributed by atoms with Gasteiger partial charge in [0, 0.05) is 11.1 Å². The summed E-state index contributed by atoms with van der Waals surface area (Å²) in [5.74, 6) is -1.10. The minimum Gasteiger partial charge on any atom is -0.322 e. The molecule has 154 valence electrons. The predicted octanol–water partition coefficient (Wildman–Crippen LogP) is -0.733. The number of halogens is 1. The van der Waals surface area contributed by atoms with Crippen LogP contribution in [0.5, 0.6) is 0 Å². The van der Waals surface area contributed by atoms with Gasteiger partial charge >= 0.3 is 0 Å². The molecule has 0 aromatic heterocycles. The molecule has 4 N–H and O–H groups in total. The largest absolute Gasteiger partial charge is 0.322 e. The van der Waals surface area contributed by atoms with Crippen LogP contribution in [0.1, 0.15) is 28.4 Å². The number of hydrogen-bond acceptors (Lipinski definition) is 2. The van der Waals surface area contributed by atoms with E-state index in [2.05, 4.69) is 42.0 Å². The third-order valence-corrected chi connectivity index (χ3v) is 5.71. The lowest BCUT2D eigenvalue weighted by atomic mass is 10.1. The summed E-state index contributed by atoms with van der Waals surface area (Å²) >= 11 is 0. The van der Waals surface area contributed by atoms with Gasteiger partial charge in [-0.05, 0) is 43.7 Å². The lowest BCUT2D eigenvalue weighted by Gasteiger charge is -2.32. The quantitative estimate of drug-likeness (QED) is 0.500. The molecule has 0 radical (unpaired) electrons. The molecule has 29 heavy (non-hydrogen) atoms. The molecule has 2 amide bonds. The Balaban J connectivity index is 1.44. The average Bonchev–Trinajstić information content (AvgIpc) is 2.74. The van der Waals surface area contributed by atoms with Gasteiger partial charge in [0.25, 0.3) is 11.8 Å². The van der Waals surface area contributed by atoms with Crippen LogP contribution in [-0.2, 0) is 11.3 Å². The predicted molar refractivity (Wildman–Crippen MR) is 108 cm³/mol. The van der Waals surface area contributed by atoms with E-state index in [1.54, 1.807) is 0 Å². The summed E-state index contributed by atoms with van der Waals surface area (Å²) in [6.07, 6.45) is 0. The second kappa shape index (κ2) is 9.62. The third-order valence-electron chi connectivity index (χ3n) is 5.71. The van der Waals surface area contributed by atoms with Crippen molar-refractivity contribution >= 4 is 11.8 Å². The van der Waals surface area contributed by atoms with E-state index in [-0.39, 0.29) is 11.9 Å². The molecule has 1 heterocycles. The molecule has 2 aromatic rings. The van der Waals surface area contributed by atoms with Crippen molar-refractivity contribution in [3.05, 3.63) is 71.0 Å². The van der Waals surface area contributed by atoms with E-state index in [0.29, 0.717) is 5.56 Å². The monoisotopic (exact) mass is 400 g/mol. The van der Waals surface area contributed by atoms with Gasteiger partial charge < -0.3 is 9.80 Å². The molecule has 0 saturated carbocycles. The second-order valence-corrected chi connectivity index (χ2v) is 7.68. The van der Waals surface area contributed by atoms with Crippen LogP contribution in [-0.4, -0.2) is 44.0 Å². The number of carbonyl (C=O) groups is 2. The number of nitrogens with one attached hydrogen (secondary N) is 4. The molecule has 1 atom stereocenters. The van der Waals surface area contributed by atoms with Crippen molar-refractivity contribution in [3.8, 4) is 0 Å². The van der Waals surface area contributed by atoms with Gasteiger partial charge in [-0.25, -0.2) is 4.39 Å². The van der Waals surface area contributed by atoms with Crippen molar-refractivity contribution in [2.75, 3.05) is 26.2 Å². The molecule has 1 aliphatic heterocycles. The van der Waals surface area contributed by atoms with E-state index in [1.807, 2.05) is 6.92 Å². The molecule has 0 spiro atoms. The summed E-state index contributed by atoms with van der Waals surface area (Å²) in [5, 5.41) is 0. The van der Waals surface area contributed by atoms with Gasteiger partial charge in [-0.2, -0.15) is 0 Å². The average molecular weight is 400 g/mol. The fourth-order valence-electron chi connectivity index (χ4n) is 3.70. The van der Waals surface area contributed by atoms with Gasteiger partial charge in [-0.1, -0.05) is 24.3 Å². The Hall–Kier alpha value is -2.77. The van der Waals surface area contributed by atoms with Crippen molar-refractivity contribution in [3.63, 3.8) is 0 Å². The molecule has 1 aliphatic rings. The van der Waals surface area contributed by atoms with Gasteiger partial charge in [-0.15, -0.1) is 0 Å². The number of carbonyl (C=O) groups excluding carboxylic acids is 2. The number of quaternary nitrogens is 2. The van der Waals surface area contributed by atoms with Crippen LogP contribution in [0.3, 0.4) is 0 Å². The maximum atomic E-state index is 12.9. The Bertz CT molecular complexity index is 848. The van der Waals surface area contributed by atoms with Gasteiger partial charge in [-0.3, -0.25) is 20.4 Å². The maximum absolute atomic E-state index is 12.9. The Morgan fingerprint density at radius 1 is 1.00 bits per heavy atom. The molecular weight excluding hydrogens is 371 g/mol. The zero-order chi connectivity index (χ0) is 20.8. The number of piperazine rings is 1. The summed E-state index contributed by atoms with van der Waals surface area (Å²) in [7, 11) is 0. The van der Waals surface area contributed by atoms with Crippen molar-refractivity contribution in [1.29, 1.82) is 0 Å². The molecule has 7 heteroatoms. The van der Waals surface area contributed by atoms with E-state index in [0.717, 1.165) is 32.7 Å². The Morgan fingerprint density at radius 2 is 1.66 bits per heavy atom. The Morgan fingerprint density at radius 3 is 2.31 bits per heavy atom. The lowest BCUT2D eigenvalue weighted by Crippen LogP contribution is -3.29. The van der Waals surface area contributed by atoms with E-state index in [9.17, 15) is 14.0 Å². The fourth-order valence-corrected chi connectivity index (χ4v) is 3.70. The van der Waals surface area contributed by atoms with E-state index in [4.69, 9.17) is 0 Å². The zero-order valence-electron chi connectivity index (χ0n) is 16.9. The van der Waals surface area contributed by atoms with Crippen molar-refractivity contribution in [2.45, 2.75) is 26.4 Å². The second-order valence-electron chi connectivity index (χ2n) is 7.68. The van der Waals surface area contributed by atoms with E-state index >= 15 is 0 Å². The summed E-state index contributed by atoms with van der Waals surface area (Å²) < 4.78 is 12.9. The number of aryl methyl sites for hydroxylation is 1. The summed E-state index contributed by atoms with van der Waals surface area (Å²) in [5.41, 5.74) is 7.88. The summed E-state index contributed by atoms with van der Waals surface area (Å²) in [4.78, 5) is 27.2. The molecule has 3 rings (SSSR count). The Kier molecular flexibility index (Phi) is 6.95. The number of rotatable bonds is 5. The molecule has 0 bridgehead atoms. The normalized spacial score (nSPS) is 20.0. The number of hydrogen-bond donors (Lipinski definition) is 4. The number of hydrazine groups is 1. The first-order valence-corrected chi connectivity index (χ1v) is 10.0. The van der Waals surface area contributed by atoms with Crippen LogP contribution in [0, 0.1) is 12.7 Å². The SMILES string of the molecule is Cc1ccccc1C[NH+]1CC[NH+]([C@@H](C)C(=O)NNC(=O)c2ccc(F)cc2)CC1. The highest BCUT2D eigenvalue weighted by Crippen LogP contribution is 2.04. The van der Waals surface area contributed by atoms with Crippen LogP contribution in [0.25, 0.3) is 0 Å².